The average molecular weight is 264 g/mol. The van der Waals surface area contributed by atoms with Gasteiger partial charge in [-0.25, -0.2) is 4.39 Å². The minimum absolute atomic E-state index is 0.261. The van der Waals surface area contributed by atoms with Crippen molar-refractivity contribution >= 4 is 5.69 Å². The van der Waals surface area contributed by atoms with Crippen LogP contribution in [-0.4, -0.2) is 33.3 Å². The highest BCUT2D eigenvalue weighted by molar-refractivity contribution is 5.47. The molecule has 0 aliphatic heterocycles. The van der Waals surface area contributed by atoms with Crippen molar-refractivity contribution in [2.45, 2.75) is 13.0 Å². The molecule has 0 aliphatic rings. The topological polar surface area (TPSA) is 72.9 Å². The fourth-order valence-corrected chi connectivity index (χ4v) is 1.83. The van der Waals surface area contributed by atoms with Crippen LogP contribution in [-0.2, 0) is 13.6 Å². The first-order valence-corrected chi connectivity index (χ1v) is 6.13. The highest BCUT2D eigenvalue weighted by Gasteiger charge is 2.13. The zero-order valence-corrected chi connectivity index (χ0v) is 10.8. The van der Waals surface area contributed by atoms with Gasteiger partial charge in [-0.15, -0.1) is 10.2 Å². The molecule has 0 saturated heterocycles. The molecule has 7 heteroatoms. The van der Waals surface area contributed by atoms with Crippen molar-refractivity contribution in [2.75, 3.05) is 18.0 Å². The van der Waals surface area contributed by atoms with Gasteiger partial charge in [0.1, 0.15) is 5.82 Å². The molecule has 0 amide bonds. The number of nitrogens with two attached hydrogens (primary N) is 1. The van der Waals surface area contributed by atoms with E-state index < -0.39 is 0 Å². The van der Waals surface area contributed by atoms with Crippen molar-refractivity contribution in [2.24, 2.45) is 12.8 Å². The van der Waals surface area contributed by atoms with Gasteiger partial charge in [-0.1, -0.05) is 12.1 Å². The van der Waals surface area contributed by atoms with Crippen LogP contribution in [0.4, 0.5) is 10.1 Å². The highest BCUT2D eigenvalue weighted by atomic mass is 19.1. The van der Waals surface area contributed by atoms with E-state index >= 15 is 0 Å². The molecular formula is C12H17FN6. The van der Waals surface area contributed by atoms with Crippen molar-refractivity contribution in [1.29, 1.82) is 0 Å². The Morgan fingerprint density at radius 1 is 1.37 bits per heavy atom. The molecular weight excluding hydrogens is 247 g/mol. The summed E-state index contributed by atoms with van der Waals surface area (Å²) in [7, 11) is 1.70. The lowest BCUT2D eigenvalue weighted by Gasteiger charge is -2.23. The fourth-order valence-electron chi connectivity index (χ4n) is 1.83. The first-order valence-electron chi connectivity index (χ1n) is 6.13. The monoisotopic (exact) mass is 264 g/mol. The molecule has 0 radical (unpaired) electrons. The molecule has 102 valence electrons. The van der Waals surface area contributed by atoms with Gasteiger partial charge in [-0.3, -0.25) is 0 Å². The molecule has 0 atom stereocenters. The van der Waals surface area contributed by atoms with Gasteiger partial charge in [-0.2, -0.15) is 4.80 Å². The van der Waals surface area contributed by atoms with Crippen molar-refractivity contribution in [1.82, 2.24) is 20.2 Å². The Morgan fingerprint density at radius 2 is 2.16 bits per heavy atom. The summed E-state index contributed by atoms with van der Waals surface area (Å²) >= 11 is 0. The normalized spacial score (nSPS) is 10.7. The number of nitrogens with zero attached hydrogens (tertiary/aromatic N) is 5. The summed E-state index contributed by atoms with van der Waals surface area (Å²) in [6.07, 6.45) is 0.772. The molecule has 1 aromatic carbocycles. The summed E-state index contributed by atoms with van der Waals surface area (Å²) in [5.41, 5.74) is 6.05. The van der Waals surface area contributed by atoms with E-state index in [4.69, 9.17) is 5.73 Å². The predicted octanol–water partition coefficient (Wildman–Crippen LogP) is 0.705. The van der Waals surface area contributed by atoms with E-state index in [1.807, 2.05) is 4.90 Å². The van der Waals surface area contributed by atoms with Gasteiger partial charge in [0.25, 0.3) is 0 Å². The number of aromatic nitrogens is 4. The molecule has 2 N–H and O–H groups in total. The van der Waals surface area contributed by atoms with E-state index in [9.17, 15) is 4.39 Å². The van der Waals surface area contributed by atoms with E-state index in [0.717, 1.165) is 6.42 Å². The first-order chi connectivity index (χ1) is 9.20. The van der Waals surface area contributed by atoms with Crippen LogP contribution in [0.15, 0.2) is 24.3 Å². The number of halogens is 1. The van der Waals surface area contributed by atoms with E-state index in [0.29, 0.717) is 31.1 Å². The van der Waals surface area contributed by atoms with Gasteiger partial charge < -0.3 is 10.6 Å². The largest absolute Gasteiger partial charge is 0.361 e. The summed E-state index contributed by atoms with van der Waals surface area (Å²) in [4.78, 5) is 3.26. The van der Waals surface area contributed by atoms with E-state index in [2.05, 4.69) is 15.4 Å². The number of tetrazole rings is 1. The molecule has 2 aromatic rings. The lowest BCUT2D eigenvalue weighted by Crippen LogP contribution is -2.27. The summed E-state index contributed by atoms with van der Waals surface area (Å²) in [6, 6.07) is 6.65. The maximum Gasteiger partial charge on any atom is 0.193 e. The lowest BCUT2D eigenvalue weighted by molar-refractivity contribution is 0.606. The molecule has 0 saturated carbocycles. The molecule has 2 rings (SSSR count). The second kappa shape index (κ2) is 6.24. The number of benzene rings is 1. The van der Waals surface area contributed by atoms with Crippen molar-refractivity contribution in [3.8, 4) is 0 Å². The van der Waals surface area contributed by atoms with Gasteiger partial charge in [0.2, 0.25) is 0 Å². The van der Waals surface area contributed by atoms with E-state index in [1.54, 1.807) is 25.2 Å². The minimum Gasteiger partial charge on any atom is -0.361 e. The fraction of sp³-hybridized carbons (Fsp3) is 0.417. The third kappa shape index (κ3) is 3.47. The summed E-state index contributed by atoms with van der Waals surface area (Å²) in [5, 5.41) is 11.8. The van der Waals surface area contributed by atoms with Crippen LogP contribution >= 0.6 is 0 Å². The Kier molecular flexibility index (Phi) is 4.40. The van der Waals surface area contributed by atoms with Crippen LogP contribution in [0.5, 0.6) is 0 Å². The Morgan fingerprint density at radius 3 is 2.79 bits per heavy atom. The van der Waals surface area contributed by atoms with E-state index in [1.165, 1.54) is 10.9 Å². The quantitative estimate of drug-likeness (QED) is 0.831. The second-order valence-corrected chi connectivity index (χ2v) is 4.21. The molecule has 0 fully saturated rings. The van der Waals surface area contributed by atoms with Gasteiger partial charge in [0.15, 0.2) is 5.82 Å². The van der Waals surface area contributed by atoms with Crippen molar-refractivity contribution < 1.29 is 4.39 Å². The lowest BCUT2D eigenvalue weighted by atomic mass is 10.2. The van der Waals surface area contributed by atoms with Gasteiger partial charge in [-0.05, 0) is 30.3 Å². The molecule has 0 aliphatic carbocycles. The molecule has 0 unspecified atom stereocenters. The van der Waals surface area contributed by atoms with Gasteiger partial charge in [0, 0.05) is 6.54 Å². The summed E-state index contributed by atoms with van der Waals surface area (Å²) in [5.74, 6) is 0.297. The number of para-hydroxylation sites is 1. The Labute approximate surface area is 111 Å². The van der Waals surface area contributed by atoms with Crippen LogP contribution in [0.2, 0.25) is 0 Å². The van der Waals surface area contributed by atoms with Crippen LogP contribution < -0.4 is 10.6 Å². The van der Waals surface area contributed by atoms with E-state index in [-0.39, 0.29) is 5.82 Å². The van der Waals surface area contributed by atoms with Gasteiger partial charge in [0.05, 0.1) is 19.3 Å². The van der Waals surface area contributed by atoms with Crippen molar-refractivity contribution in [3.05, 3.63) is 35.9 Å². The third-order valence-electron chi connectivity index (χ3n) is 2.71. The van der Waals surface area contributed by atoms with Crippen LogP contribution in [0, 0.1) is 5.82 Å². The molecule has 1 heterocycles. The Bertz CT molecular complexity index is 526. The third-order valence-corrected chi connectivity index (χ3v) is 2.71. The Hall–Kier alpha value is -2.02. The van der Waals surface area contributed by atoms with Crippen LogP contribution in [0.1, 0.15) is 12.2 Å². The van der Waals surface area contributed by atoms with Crippen LogP contribution in [0.3, 0.4) is 0 Å². The summed E-state index contributed by atoms with van der Waals surface area (Å²) in [6.45, 7) is 1.61. The number of hydrogen-bond donors (Lipinski definition) is 1. The highest BCUT2D eigenvalue weighted by Crippen LogP contribution is 2.20. The maximum absolute atomic E-state index is 13.8. The smallest absolute Gasteiger partial charge is 0.193 e. The zero-order chi connectivity index (χ0) is 13.7. The Balaban J connectivity index is 2.18. The molecule has 6 nitrogen and oxygen atoms in total. The number of rotatable bonds is 6. The number of anilines is 1. The van der Waals surface area contributed by atoms with Crippen LogP contribution in [0.25, 0.3) is 0 Å². The SMILES string of the molecule is Cn1nnc(CN(CCCN)c2ccccc2F)n1. The first kappa shape index (κ1) is 13.4. The summed E-state index contributed by atoms with van der Waals surface area (Å²) < 4.78 is 13.8. The molecule has 0 spiro atoms. The molecule has 0 bridgehead atoms. The molecule has 19 heavy (non-hydrogen) atoms. The van der Waals surface area contributed by atoms with Gasteiger partial charge >= 0.3 is 0 Å². The number of hydrogen-bond acceptors (Lipinski definition) is 5. The predicted molar refractivity (Wildman–Crippen MR) is 69.9 cm³/mol. The molecule has 1 aromatic heterocycles. The van der Waals surface area contributed by atoms with Crippen molar-refractivity contribution in [3.63, 3.8) is 0 Å². The standard InChI is InChI=1S/C12H17FN6/c1-18-16-12(15-17-18)9-19(8-4-7-14)11-6-3-2-5-10(11)13/h2-3,5-6H,4,7-9,14H2,1H3. The maximum atomic E-state index is 13.8. The average Bonchev–Trinajstić information content (AvgIpc) is 2.81. The zero-order valence-electron chi connectivity index (χ0n) is 10.8. The second-order valence-electron chi connectivity index (χ2n) is 4.21. The minimum atomic E-state index is -0.261. The number of aryl methyl sites for hydroxylation is 1.